The largest absolute Gasteiger partial charge is 0.368 e. The lowest BCUT2D eigenvalue weighted by Crippen LogP contribution is -2.41. The molecule has 1 fully saturated rings. The van der Waals surface area contributed by atoms with Crippen molar-refractivity contribution in [3.05, 3.63) is 42.0 Å². The molecule has 142 valence electrons. The number of urea groups is 1. The molecule has 1 atom stereocenters. The van der Waals surface area contributed by atoms with Gasteiger partial charge in [0, 0.05) is 0 Å². The quantitative estimate of drug-likeness (QED) is 0.472. The highest BCUT2D eigenvalue weighted by molar-refractivity contribution is 6.07. The third-order valence-corrected chi connectivity index (χ3v) is 4.33. The smallest absolute Gasteiger partial charge is 0.325 e. The molecule has 3 amide bonds. The van der Waals surface area contributed by atoms with Crippen LogP contribution in [0.2, 0.25) is 0 Å². The second kappa shape index (κ2) is 6.22. The van der Waals surface area contributed by atoms with Gasteiger partial charge >= 0.3 is 6.03 Å². The van der Waals surface area contributed by atoms with Crippen molar-refractivity contribution < 1.29 is 9.59 Å². The van der Waals surface area contributed by atoms with Gasteiger partial charge in [-0.1, -0.05) is 12.1 Å². The van der Waals surface area contributed by atoms with Crippen LogP contribution in [0.25, 0.3) is 5.69 Å². The molecule has 4 rings (SSSR count). The first-order valence-electron chi connectivity index (χ1n) is 8.11. The molecule has 13 nitrogen and oxygen atoms in total. The third kappa shape index (κ3) is 2.84. The van der Waals surface area contributed by atoms with Gasteiger partial charge in [-0.15, -0.1) is 5.10 Å². The van der Waals surface area contributed by atoms with E-state index in [0.717, 1.165) is 4.90 Å². The number of nitrogen functional groups attached to an aromatic ring is 2. The summed E-state index contributed by atoms with van der Waals surface area (Å²) in [4.78, 5) is 38.0. The number of carbonyl (C=O) groups is 2. The maximum Gasteiger partial charge on any atom is 0.325 e. The summed E-state index contributed by atoms with van der Waals surface area (Å²) in [6.45, 7) is 1.42. The first kappa shape index (κ1) is 17.3. The summed E-state index contributed by atoms with van der Waals surface area (Å²) in [5.41, 5.74) is 11.0. The molecule has 3 aromatic rings. The molecule has 13 heteroatoms. The Labute approximate surface area is 157 Å². The van der Waals surface area contributed by atoms with E-state index in [1.165, 1.54) is 11.0 Å². The number of imide groups is 1. The summed E-state index contributed by atoms with van der Waals surface area (Å²) in [6.07, 6.45) is 1.43. The number of benzene rings is 1. The van der Waals surface area contributed by atoms with Gasteiger partial charge in [0.15, 0.2) is 5.82 Å². The standard InChI is InChI=1S/C15H15N11O2/c1-15(8-3-2-4-9(5-8)26-7-18-23-24-26)11(27)25(14(28)22-15)6-10-19-12(16)21-13(17)20-10/h2-5,7H,6H2,1H3,(H,22,28)(H4,16,17,19,20,21). The Hall–Kier alpha value is -4.16. The van der Waals surface area contributed by atoms with Crippen molar-refractivity contribution in [2.75, 3.05) is 11.5 Å². The van der Waals surface area contributed by atoms with Crippen molar-refractivity contribution in [3.8, 4) is 5.69 Å². The van der Waals surface area contributed by atoms with Crippen LogP contribution >= 0.6 is 0 Å². The molecule has 2 aromatic heterocycles. The molecule has 1 saturated heterocycles. The predicted molar refractivity (Wildman–Crippen MR) is 94.2 cm³/mol. The number of anilines is 2. The lowest BCUT2D eigenvalue weighted by molar-refractivity contribution is -0.131. The van der Waals surface area contributed by atoms with E-state index in [9.17, 15) is 9.59 Å². The first-order valence-corrected chi connectivity index (χ1v) is 8.11. The maximum atomic E-state index is 13.1. The molecular formula is C15H15N11O2. The Morgan fingerprint density at radius 3 is 2.57 bits per heavy atom. The molecule has 0 aliphatic carbocycles. The van der Waals surface area contributed by atoms with Crippen molar-refractivity contribution in [2.45, 2.75) is 19.0 Å². The van der Waals surface area contributed by atoms with Crippen LogP contribution < -0.4 is 16.8 Å². The summed E-state index contributed by atoms with van der Waals surface area (Å²) in [6, 6.07) is 6.38. The molecular weight excluding hydrogens is 366 g/mol. The van der Waals surface area contributed by atoms with Gasteiger partial charge < -0.3 is 16.8 Å². The number of hydrogen-bond acceptors (Lipinski definition) is 10. The average molecular weight is 381 g/mol. The van der Waals surface area contributed by atoms with Crippen LogP contribution in [0.5, 0.6) is 0 Å². The van der Waals surface area contributed by atoms with Crippen LogP contribution in [0.15, 0.2) is 30.6 Å². The number of amides is 3. The number of nitrogens with zero attached hydrogens (tertiary/aromatic N) is 8. The predicted octanol–water partition coefficient (Wildman–Crippen LogP) is -1.02. The summed E-state index contributed by atoms with van der Waals surface area (Å²) >= 11 is 0. The molecule has 0 radical (unpaired) electrons. The molecule has 0 bridgehead atoms. The highest BCUT2D eigenvalue weighted by Gasteiger charge is 2.49. The van der Waals surface area contributed by atoms with E-state index in [4.69, 9.17) is 11.5 Å². The molecule has 1 aromatic carbocycles. The third-order valence-electron chi connectivity index (χ3n) is 4.33. The number of tetrazole rings is 1. The number of hydrogen-bond donors (Lipinski definition) is 3. The second-order valence-corrected chi connectivity index (χ2v) is 6.22. The summed E-state index contributed by atoms with van der Waals surface area (Å²) in [5, 5.41) is 13.7. The van der Waals surface area contributed by atoms with Crippen LogP contribution in [0, 0.1) is 0 Å². The van der Waals surface area contributed by atoms with Crippen molar-refractivity contribution in [2.24, 2.45) is 0 Å². The van der Waals surface area contributed by atoms with Crippen LogP contribution in [0.1, 0.15) is 18.3 Å². The minimum absolute atomic E-state index is 0.0912. The summed E-state index contributed by atoms with van der Waals surface area (Å²) < 4.78 is 1.45. The monoisotopic (exact) mass is 381 g/mol. The van der Waals surface area contributed by atoms with Gasteiger partial charge in [-0.05, 0) is 35.0 Å². The highest BCUT2D eigenvalue weighted by atomic mass is 16.2. The Morgan fingerprint density at radius 2 is 1.89 bits per heavy atom. The van der Waals surface area contributed by atoms with Gasteiger partial charge in [0.2, 0.25) is 11.9 Å². The van der Waals surface area contributed by atoms with Gasteiger partial charge in [0.25, 0.3) is 5.91 Å². The lowest BCUT2D eigenvalue weighted by Gasteiger charge is -2.22. The first-order chi connectivity index (χ1) is 13.4. The zero-order chi connectivity index (χ0) is 19.9. The minimum Gasteiger partial charge on any atom is -0.368 e. The van der Waals surface area contributed by atoms with Gasteiger partial charge in [-0.2, -0.15) is 15.0 Å². The topological polar surface area (TPSA) is 184 Å². The van der Waals surface area contributed by atoms with Crippen molar-refractivity contribution in [3.63, 3.8) is 0 Å². The fraction of sp³-hybridized carbons (Fsp3) is 0.200. The zero-order valence-corrected chi connectivity index (χ0v) is 14.6. The van der Waals surface area contributed by atoms with E-state index < -0.39 is 17.5 Å². The van der Waals surface area contributed by atoms with E-state index in [0.29, 0.717) is 11.3 Å². The molecule has 28 heavy (non-hydrogen) atoms. The van der Waals surface area contributed by atoms with Crippen LogP contribution in [0.4, 0.5) is 16.7 Å². The van der Waals surface area contributed by atoms with Crippen molar-refractivity contribution in [1.82, 2.24) is 45.4 Å². The minimum atomic E-state index is -1.29. The molecule has 0 saturated carbocycles. The van der Waals surface area contributed by atoms with E-state index in [1.807, 2.05) is 0 Å². The molecule has 0 spiro atoms. The molecule has 1 unspecified atom stereocenters. The van der Waals surface area contributed by atoms with Crippen molar-refractivity contribution in [1.29, 1.82) is 0 Å². The Kier molecular flexibility index (Phi) is 3.84. The zero-order valence-electron chi connectivity index (χ0n) is 14.6. The Morgan fingerprint density at radius 1 is 1.14 bits per heavy atom. The molecule has 1 aliphatic rings. The number of nitrogens with one attached hydrogen (secondary N) is 1. The van der Waals surface area contributed by atoms with Crippen LogP contribution in [-0.2, 0) is 16.9 Å². The lowest BCUT2D eigenvalue weighted by atomic mass is 9.91. The van der Waals surface area contributed by atoms with Crippen molar-refractivity contribution >= 4 is 23.8 Å². The molecule has 5 N–H and O–H groups in total. The fourth-order valence-electron chi connectivity index (χ4n) is 2.94. The number of nitrogens with two attached hydrogens (primary N) is 2. The summed E-state index contributed by atoms with van der Waals surface area (Å²) in [5.74, 6) is -0.540. The van der Waals surface area contributed by atoms with Gasteiger partial charge in [-0.3, -0.25) is 9.69 Å². The second-order valence-electron chi connectivity index (χ2n) is 6.22. The fourth-order valence-corrected chi connectivity index (χ4v) is 2.94. The Bertz CT molecular complexity index is 1050. The van der Waals surface area contributed by atoms with Gasteiger partial charge in [0.1, 0.15) is 11.9 Å². The Balaban J connectivity index is 1.65. The molecule has 1 aliphatic heterocycles. The van der Waals surface area contributed by atoms with E-state index >= 15 is 0 Å². The maximum absolute atomic E-state index is 13.1. The van der Waals surface area contributed by atoms with E-state index in [1.54, 1.807) is 31.2 Å². The number of carbonyl (C=O) groups excluding carboxylic acids is 2. The van der Waals surface area contributed by atoms with E-state index in [-0.39, 0.29) is 24.3 Å². The average Bonchev–Trinajstić information content (AvgIpc) is 3.25. The highest BCUT2D eigenvalue weighted by Crippen LogP contribution is 2.30. The van der Waals surface area contributed by atoms with Crippen LogP contribution in [-0.4, -0.2) is 52.0 Å². The number of aromatic nitrogens is 7. The van der Waals surface area contributed by atoms with Gasteiger partial charge in [-0.25, -0.2) is 9.48 Å². The summed E-state index contributed by atoms with van der Waals surface area (Å²) in [7, 11) is 0. The van der Waals surface area contributed by atoms with E-state index in [2.05, 4.69) is 35.8 Å². The normalized spacial score (nSPS) is 19.1. The SMILES string of the molecule is CC1(c2cccc(-n3cnnn3)c2)NC(=O)N(Cc2nc(N)nc(N)n2)C1=O. The molecule has 3 heterocycles. The van der Waals surface area contributed by atoms with Gasteiger partial charge in [0.05, 0.1) is 12.2 Å². The number of rotatable bonds is 4. The van der Waals surface area contributed by atoms with Crippen LogP contribution in [0.3, 0.4) is 0 Å².